The Bertz CT molecular complexity index is 459. The second-order valence-corrected chi connectivity index (χ2v) is 7.05. The Morgan fingerprint density at radius 1 is 1.37 bits per heavy atom. The number of hydrogen-bond acceptors (Lipinski definition) is 4. The standard InChI is InChI=1S/C12H18N2O4S/c1-8(19(2)18)4-7-14-10(16)12(5-3-6-12)9(15)13-11(14)17/h8H,3-7H2,1-2H3,(H,13,15,17). The fraction of sp³-hybridized carbons (Fsp3) is 0.750. The molecule has 2 atom stereocenters. The van der Waals surface area contributed by atoms with Crippen molar-refractivity contribution >= 4 is 28.6 Å². The van der Waals surface area contributed by atoms with E-state index in [1.165, 1.54) is 0 Å². The zero-order chi connectivity index (χ0) is 14.2. The molecule has 19 heavy (non-hydrogen) atoms. The van der Waals surface area contributed by atoms with Gasteiger partial charge in [-0.3, -0.25) is 24.0 Å². The predicted molar refractivity (Wildman–Crippen MR) is 69.7 cm³/mol. The van der Waals surface area contributed by atoms with Crippen LogP contribution >= 0.6 is 0 Å². The van der Waals surface area contributed by atoms with Crippen LogP contribution in [0.15, 0.2) is 0 Å². The van der Waals surface area contributed by atoms with Crippen LogP contribution in [-0.4, -0.2) is 45.0 Å². The van der Waals surface area contributed by atoms with Gasteiger partial charge in [-0.1, -0.05) is 13.3 Å². The number of nitrogens with one attached hydrogen (secondary N) is 1. The maximum Gasteiger partial charge on any atom is 0.330 e. The molecular formula is C12H18N2O4S. The molecule has 0 aromatic rings. The maximum atomic E-state index is 12.3. The number of amides is 4. The summed E-state index contributed by atoms with van der Waals surface area (Å²) in [5, 5.41) is 2.17. The summed E-state index contributed by atoms with van der Waals surface area (Å²) >= 11 is 0. The molecule has 2 unspecified atom stereocenters. The van der Waals surface area contributed by atoms with Crippen molar-refractivity contribution in [3.8, 4) is 0 Å². The van der Waals surface area contributed by atoms with Gasteiger partial charge in [-0.2, -0.15) is 0 Å². The fourth-order valence-corrected chi connectivity index (χ4v) is 2.82. The van der Waals surface area contributed by atoms with E-state index in [1.807, 2.05) is 6.92 Å². The maximum absolute atomic E-state index is 12.3. The normalized spacial score (nSPS) is 24.9. The van der Waals surface area contributed by atoms with Gasteiger partial charge in [0.15, 0.2) is 0 Å². The highest BCUT2D eigenvalue weighted by molar-refractivity contribution is 7.84. The lowest BCUT2D eigenvalue weighted by atomic mass is 9.66. The van der Waals surface area contributed by atoms with E-state index in [1.54, 1.807) is 6.26 Å². The number of carbonyl (C=O) groups excluding carboxylic acids is 3. The Hall–Kier alpha value is -1.24. The van der Waals surface area contributed by atoms with E-state index in [-0.39, 0.29) is 17.7 Å². The summed E-state index contributed by atoms with van der Waals surface area (Å²) in [4.78, 5) is 36.9. The van der Waals surface area contributed by atoms with Crippen LogP contribution in [-0.2, 0) is 20.4 Å². The van der Waals surface area contributed by atoms with Crippen molar-refractivity contribution in [3.63, 3.8) is 0 Å². The molecule has 1 saturated carbocycles. The topological polar surface area (TPSA) is 83.6 Å². The third kappa shape index (κ3) is 2.31. The first-order chi connectivity index (χ1) is 8.88. The first-order valence-electron chi connectivity index (χ1n) is 6.38. The molecule has 1 aliphatic heterocycles. The Labute approximate surface area is 114 Å². The minimum absolute atomic E-state index is 0.0874. The number of rotatable bonds is 4. The van der Waals surface area contributed by atoms with Gasteiger partial charge in [-0.05, 0) is 19.3 Å². The highest BCUT2D eigenvalue weighted by Crippen LogP contribution is 2.44. The lowest BCUT2D eigenvalue weighted by Crippen LogP contribution is -2.66. The Morgan fingerprint density at radius 3 is 2.47 bits per heavy atom. The summed E-state index contributed by atoms with van der Waals surface area (Å²) in [5.74, 6) is -0.848. The molecule has 0 bridgehead atoms. The molecular weight excluding hydrogens is 268 g/mol. The molecule has 1 spiro atoms. The largest absolute Gasteiger partial charge is 0.330 e. The first kappa shape index (κ1) is 14.2. The molecule has 0 radical (unpaired) electrons. The number of carbonyl (C=O) groups is 3. The number of nitrogens with zero attached hydrogens (tertiary/aromatic N) is 1. The van der Waals surface area contributed by atoms with Gasteiger partial charge in [0.1, 0.15) is 5.41 Å². The molecule has 0 aromatic heterocycles. The van der Waals surface area contributed by atoms with Gasteiger partial charge >= 0.3 is 6.03 Å². The van der Waals surface area contributed by atoms with Crippen LogP contribution in [0.4, 0.5) is 4.79 Å². The van der Waals surface area contributed by atoms with Crippen LogP contribution in [0.1, 0.15) is 32.6 Å². The Balaban J connectivity index is 2.07. The minimum atomic E-state index is -1.01. The fourth-order valence-electron chi connectivity index (χ4n) is 2.38. The van der Waals surface area contributed by atoms with Crippen molar-refractivity contribution in [3.05, 3.63) is 0 Å². The van der Waals surface area contributed by atoms with Crippen molar-refractivity contribution in [2.45, 2.75) is 37.9 Å². The van der Waals surface area contributed by atoms with E-state index in [2.05, 4.69) is 5.32 Å². The molecule has 106 valence electrons. The summed E-state index contributed by atoms with van der Waals surface area (Å²) in [6, 6.07) is -0.651. The number of hydrogen-bond donors (Lipinski definition) is 1. The smallest absolute Gasteiger partial charge is 0.277 e. The van der Waals surface area contributed by atoms with E-state index >= 15 is 0 Å². The van der Waals surface area contributed by atoms with Gasteiger partial charge in [0.2, 0.25) is 11.8 Å². The third-order valence-corrected chi connectivity index (χ3v) is 5.46. The van der Waals surface area contributed by atoms with E-state index in [9.17, 15) is 18.6 Å². The van der Waals surface area contributed by atoms with Crippen molar-refractivity contribution in [1.29, 1.82) is 0 Å². The van der Waals surface area contributed by atoms with Crippen LogP contribution < -0.4 is 5.32 Å². The minimum Gasteiger partial charge on any atom is -0.277 e. The summed E-state index contributed by atoms with van der Waals surface area (Å²) in [7, 11) is -0.988. The predicted octanol–water partition coefficient (Wildman–Crippen LogP) is 0.392. The molecule has 1 aliphatic carbocycles. The molecule has 0 aromatic carbocycles. The highest BCUT2D eigenvalue weighted by atomic mass is 32.2. The zero-order valence-corrected chi connectivity index (χ0v) is 11.9. The average molecular weight is 286 g/mol. The monoisotopic (exact) mass is 286 g/mol. The Kier molecular flexibility index (Phi) is 3.75. The van der Waals surface area contributed by atoms with Crippen LogP contribution in [0, 0.1) is 5.41 Å². The molecule has 2 rings (SSSR count). The Morgan fingerprint density at radius 2 is 2.00 bits per heavy atom. The van der Waals surface area contributed by atoms with Crippen LogP contribution in [0.5, 0.6) is 0 Å². The van der Waals surface area contributed by atoms with E-state index in [0.717, 1.165) is 11.3 Å². The second-order valence-electron chi connectivity index (χ2n) is 5.25. The van der Waals surface area contributed by atoms with Crippen molar-refractivity contribution in [2.24, 2.45) is 5.41 Å². The molecule has 2 aliphatic rings. The highest BCUT2D eigenvalue weighted by Gasteiger charge is 2.57. The molecule has 7 heteroatoms. The molecule has 2 fully saturated rings. The lowest BCUT2D eigenvalue weighted by Gasteiger charge is -2.44. The SMILES string of the molecule is CC(CCN1C(=O)NC(=O)C2(CCC2)C1=O)S(C)=O. The second kappa shape index (κ2) is 5.03. The van der Waals surface area contributed by atoms with Gasteiger partial charge in [0.25, 0.3) is 0 Å². The molecule has 6 nitrogen and oxygen atoms in total. The average Bonchev–Trinajstić information content (AvgIpc) is 2.25. The molecule has 1 saturated heterocycles. The molecule has 1 N–H and O–H groups in total. The van der Waals surface area contributed by atoms with E-state index in [4.69, 9.17) is 0 Å². The quantitative estimate of drug-likeness (QED) is 0.758. The number of urea groups is 1. The van der Waals surface area contributed by atoms with Gasteiger partial charge < -0.3 is 0 Å². The summed E-state index contributed by atoms with van der Waals surface area (Å²) in [6.07, 6.45) is 3.93. The van der Waals surface area contributed by atoms with Gasteiger partial charge in [0, 0.05) is 28.9 Å². The van der Waals surface area contributed by atoms with Crippen LogP contribution in [0.3, 0.4) is 0 Å². The van der Waals surface area contributed by atoms with Crippen LogP contribution in [0.2, 0.25) is 0 Å². The summed E-state index contributed by atoms with van der Waals surface area (Å²) in [6.45, 7) is 2.02. The van der Waals surface area contributed by atoms with E-state index in [0.29, 0.717) is 19.3 Å². The van der Waals surface area contributed by atoms with Crippen molar-refractivity contribution < 1.29 is 18.6 Å². The third-order valence-electron chi connectivity index (χ3n) is 4.09. The van der Waals surface area contributed by atoms with Crippen molar-refractivity contribution in [1.82, 2.24) is 10.2 Å². The number of imide groups is 2. The van der Waals surface area contributed by atoms with Crippen molar-refractivity contribution in [2.75, 3.05) is 12.8 Å². The van der Waals surface area contributed by atoms with Gasteiger partial charge in [-0.25, -0.2) is 4.79 Å². The van der Waals surface area contributed by atoms with E-state index < -0.39 is 28.2 Å². The zero-order valence-electron chi connectivity index (χ0n) is 11.1. The summed E-state index contributed by atoms with van der Waals surface area (Å²) in [5.41, 5.74) is -1.01. The molecule has 1 heterocycles. The van der Waals surface area contributed by atoms with Gasteiger partial charge in [-0.15, -0.1) is 0 Å². The van der Waals surface area contributed by atoms with Gasteiger partial charge in [0.05, 0.1) is 0 Å². The van der Waals surface area contributed by atoms with Crippen LogP contribution in [0.25, 0.3) is 0 Å². The summed E-state index contributed by atoms with van der Waals surface area (Å²) < 4.78 is 11.3. The number of barbiturate groups is 1. The lowest BCUT2D eigenvalue weighted by molar-refractivity contribution is -0.157. The molecule has 4 amide bonds. The first-order valence-corrected chi connectivity index (χ1v) is 8.00.